The van der Waals surface area contributed by atoms with E-state index in [4.69, 9.17) is 4.74 Å². The van der Waals surface area contributed by atoms with Gasteiger partial charge in [-0.1, -0.05) is 19.3 Å². The second kappa shape index (κ2) is 7.09. The summed E-state index contributed by atoms with van der Waals surface area (Å²) in [6.45, 7) is 0.973. The van der Waals surface area contributed by atoms with E-state index in [0.29, 0.717) is 5.78 Å². The maximum Gasteiger partial charge on any atom is 0.254 e. The molecule has 130 valence electrons. The minimum Gasteiger partial charge on any atom is -0.497 e. The van der Waals surface area contributed by atoms with Gasteiger partial charge in [0.25, 0.3) is 5.78 Å². The van der Waals surface area contributed by atoms with Crippen LogP contribution in [-0.4, -0.2) is 33.2 Å². The van der Waals surface area contributed by atoms with E-state index in [9.17, 15) is 0 Å². The number of aromatic nitrogens is 4. The second-order valence-electron chi connectivity index (χ2n) is 6.61. The maximum atomic E-state index is 5.23. The van der Waals surface area contributed by atoms with Gasteiger partial charge in [0.15, 0.2) is 0 Å². The fraction of sp³-hybridized carbons (Fsp3) is 0.421. The first-order valence-corrected chi connectivity index (χ1v) is 8.92. The predicted molar refractivity (Wildman–Crippen MR) is 97.8 cm³/mol. The molecule has 2 heterocycles. The number of hydrogen-bond acceptors (Lipinski definition) is 5. The Morgan fingerprint density at radius 2 is 1.96 bits per heavy atom. The van der Waals surface area contributed by atoms with Gasteiger partial charge in [-0.2, -0.15) is 14.6 Å². The van der Waals surface area contributed by atoms with Crippen molar-refractivity contribution in [3.63, 3.8) is 0 Å². The predicted octanol–water partition coefficient (Wildman–Crippen LogP) is 3.79. The van der Waals surface area contributed by atoms with Crippen LogP contribution in [0.1, 0.15) is 32.1 Å². The van der Waals surface area contributed by atoms with E-state index >= 15 is 0 Å². The second-order valence-corrected chi connectivity index (χ2v) is 6.61. The lowest BCUT2D eigenvalue weighted by Crippen LogP contribution is -2.18. The van der Waals surface area contributed by atoms with Crippen LogP contribution in [0.5, 0.6) is 5.75 Å². The van der Waals surface area contributed by atoms with Gasteiger partial charge < -0.3 is 10.1 Å². The highest BCUT2D eigenvalue weighted by molar-refractivity contribution is 5.65. The first-order chi connectivity index (χ1) is 12.3. The van der Waals surface area contributed by atoms with Crippen LogP contribution in [0.2, 0.25) is 0 Å². The summed E-state index contributed by atoms with van der Waals surface area (Å²) in [6.07, 6.45) is 8.23. The van der Waals surface area contributed by atoms with Crippen molar-refractivity contribution < 1.29 is 4.74 Å². The van der Waals surface area contributed by atoms with Gasteiger partial charge in [-0.05, 0) is 43.0 Å². The molecule has 2 aromatic heterocycles. The van der Waals surface area contributed by atoms with Crippen LogP contribution in [0.25, 0.3) is 17.0 Å². The van der Waals surface area contributed by atoms with Gasteiger partial charge >= 0.3 is 0 Å². The molecule has 1 aromatic carbocycles. The lowest BCUT2D eigenvalue weighted by Gasteiger charge is -2.22. The smallest absolute Gasteiger partial charge is 0.254 e. The average Bonchev–Trinajstić information content (AvgIpc) is 3.16. The quantitative estimate of drug-likeness (QED) is 0.767. The minimum absolute atomic E-state index is 0.611. The lowest BCUT2D eigenvalue weighted by atomic mass is 9.89. The molecule has 1 aliphatic rings. The number of rotatable bonds is 5. The normalized spacial score (nSPS) is 15.4. The fourth-order valence-corrected chi connectivity index (χ4v) is 3.49. The molecular formula is C19H23N5O. The molecule has 6 heteroatoms. The third-order valence-corrected chi connectivity index (χ3v) is 4.93. The van der Waals surface area contributed by atoms with Gasteiger partial charge in [-0.15, -0.1) is 0 Å². The lowest BCUT2D eigenvalue weighted by molar-refractivity contribution is 0.373. The largest absolute Gasteiger partial charge is 0.497 e. The summed E-state index contributed by atoms with van der Waals surface area (Å²) >= 11 is 0. The molecule has 1 aliphatic carbocycles. The molecule has 4 rings (SSSR count). The number of fused-ring (bicyclic) bond motifs is 1. The molecule has 0 amide bonds. The first-order valence-electron chi connectivity index (χ1n) is 8.92. The van der Waals surface area contributed by atoms with Crippen molar-refractivity contribution in [2.45, 2.75) is 32.1 Å². The summed E-state index contributed by atoms with van der Waals surface area (Å²) in [5.41, 5.74) is 1.92. The van der Waals surface area contributed by atoms with Crippen molar-refractivity contribution in [2.75, 3.05) is 19.0 Å². The summed E-state index contributed by atoms with van der Waals surface area (Å²) in [7, 11) is 1.67. The highest BCUT2D eigenvalue weighted by atomic mass is 16.5. The molecular weight excluding hydrogens is 314 g/mol. The van der Waals surface area contributed by atoms with Crippen molar-refractivity contribution in [3.8, 4) is 17.0 Å². The minimum atomic E-state index is 0.611. The molecule has 1 saturated carbocycles. The third kappa shape index (κ3) is 3.43. The van der Waals surface area contributed by atoms with Crippen molar-refractivity contribution in [1.29, 1.82) is 0 Å². The van der Waals surface area contributed by atoms with E-state index in [1.165, 1.54) is 32.1 Å². The average molecular weight is 337 g/mol. The van der Waals surface area contributed by atoms with Gasteiger partial charge in [0.05, 0.1) is 12.8 Å². The zero-order valence-corrected chi connectivity index (χ0v) is 14.5. The number of ether oxygens (including phenoxy) is 1. The van der Waals surface area contributed by atoms with E-state index in [0.717, 1.165) is 35.3 Å². The van der Waals surface area contributed by atoms with Crippen LogP contribution < -0.4 is 10.1 Å². The highest BCUT2D eigenvalue weighted by Gasteiger charge is 2.15. The van der Waals surface area contributed by atoms with Crippen molar-refractivity contribution in [3.05, 3.63) is 36.7 Å². The summed E-state index contributed by atoms with van der Waals surface area (Å²) < 4.78 is 7.01. The molecule has 1 N–H and O–H groups in total. The summed E-state index contributed by atoms with van der Waals surface area (Å²) in [4.78, 5) is 8.89. The number of benzene rings is 1. The zero-order chi connectivity index (χ0) is 17.1. The van der Waals surface area contributed by atoms with E-state index in [2.05, 4.69) is 20.4 Å². The molecule has 25 heavy (non-hydrogen) atoms. The van der Waals surface area contributed by atoms with Gasteiger partial charge in [-0.25, -0.2) is 4.98 Å². The Balaban J connectivity index is 1.61. The Kier molecular flexibility index (Phi) is 4.50. The van der Waals surface area contributed by atoms with Crippen LogP contribution in [0.4, 0.5) is 5.82 Å². The summed E-state index contributed by atoms with van der Waals surface area (Å²) in [5, 5.41) is 7.88. The number of nitrogens with one attached hydrogen (secondary N) is 1. The number of anilines is 1. The molecule has 6 nitrogen and oxygen atoms in total. The Morgan fingerprint density at radius 3 is 2.72 bits per heavy atom. The maximum absolute atomic E-state index is 5.23. The van der Waals surface area contributed by atoms with Gasteiger partial charge in [-0.3, -0.25) is 0 Å². The monoisotopic (exact) mass is 337 g/mol. The molecule has 0 atom stereocenters. The van der Waals surface area contributed by atoms with Gasteiger partial charge in [0, 0.05) is 18.2 Å². The molecule has 0 saturated heterocycles. The Bertz CT molecular complexity index is 837. The van der Waals surface area contributed by atoms with Crippen LogP contribution in [-0.2, 0) is 0 Å². The van der Waals surface area contributed by atoms with Crippen LogP contribution in [0.15, 0.2) is 36.7 Å². The molecule has 1 fully saturated rings. The molecule has 0 bridgehead atoms. The Hall–Kier alpha value is -2.63. The van der Waals surface area contributed by atoms with E-state index in [1.54, 1.807) is 18.0 Å². The van der Waals surface area contributed by atoms with E-state index in [-0.39, 0.29) is 0 Å². The number of nitrogens with zero attached hydrogens (tertiary/aromatic N) is 4. The van der Waals surface area contributed by atoms with Crippen LogP contribution in [0, 0.1) is 5.92 Å². The van der Waals surface area contributed by atoms with Crippen LogP contribution >= 0.6 is 0 Å². The van der Waals surface area contributed by atoms with E-state index in [1.807, 2.05) is 30.3 Å². The van der Waals surface area contributed by atoms with Crippen molar-refractivity contribution in [1.82, 2.24) is 19.6 Å². The SMILES string of the molecule is COc1ccc(-c2cc(NCC3CCCCC3)n3ncnc3n2)cc1. The molecule has 0 spiro atoms. The van der Waals surface area contributed by atoms with Crippen molar-refractivity contribution in [2.24, 2.45) is 5.92 Å². The molecule has 0 unspecified atom stereocenters. The standard InChI is InChI=1S/C19H23N5O/c1-25-16-9-7-15(8-10-16)17-11-18(24-19(23-17)21-13-22-24)20-12-14-5-3-2-4-6-14/h7-11,13-14,20H,2-6,12H2,1H3. The molecule has 3 aromatic rings. The highest BCUT2D eigenvalue weighted by Crippen LogP contribution is 2.26. The van der Waals surface area contributed by atoms with Crippen LogP contribution in [0.3, 0.4) is 0 Å². The topological polar surface area (TPSA) is 64.3 Å². The van der Waals surface area contributed by atoms with Gasteiger partial charge in [0.2, 0.25) is 0 Å². The van der Waals surface area contributed by atoms with E-state index < -0.39 is 0 Å². The van der Waals surface area contributed by atoms with Gasteiger partial charge in [0.1, 0.15) is 17.9 Å². The molecule has 0 aliphatic heterocycles. The zero-order valence-electron chi connectivity index (χ0n) is 14.5. The number of methoxy groups -OCH3 is 1. The molecule has 0 radical (unpaired) electrons. The Labute approximate surface area is 147 Å². The van der Waals surface area contributed by atoms with Crippen molar-refractivity contribution >= 4 is 11.6 Å². The fourth-order valence-electron chi connectivity index (χ4n) is 3.49. The first kappa shape index (κ1) is 15.9. The summed E-state index contributed by atoms with van der Waals surface area (Å²) in [6, 6.07) is 9.96. The number of hydrogen-bond donors (Lipinski definition) is 1. The third-order valence-electron chi connectivity index (χ3n) is 4.93. The summed E-state index contributed by atoms with van der Waals surface area (Å²) in [5.74, 6) is 3.13. The Morgan fingerprint density at radius 1 is 1.16 bits per heavy atom.